The van der Waals surface area contributed by atoms with Crippen LogP contribution in [0.25, 0.3) is 0 Å². The molecule has 1 aliphatic rings. The lowest BCUT2D eigenvalue weighted by molar-refractivity contribution is -0.128. The Morgan fingerprint density at radius 3 is 2.50 bits per heavy atom. The Bertz CT molecular complexity index is 247. The van der Waals surface area contributed by atoms with Crippen molar-refractivity contribution in [2.75, 3.05) is 18.4 Å². The van der Waals surface area contributed by atoms with Crippen LogP contribution in [0.15, 0.2) is 0 Å². The Hall–Kier alpha value is -0.0500. The molecule has 2 nitrogen and oxygen atoms in total. The number of carbonyl (C=O) groups excluding carboxylic acids is 1. The zero-order valence-electron chi connectivity index (χ0n) is 10.9. The maximum Gasteiger partial charge on any atom is 0.222 e. The molecule has 0 aliphatic carbocycles. The van der Waals surface area contributed by atoms with Crippen molar-refractivity contribution in [3.8, 4) is 0 Å². The topological polar surface area (TPSA) is 20.3 Å². The third-order valence-electron chi connectivity index (χ3n) is 3.72. The smallest absolute Gasteiger partial charge is 0.222 e. The molecule has 1 saturated heterocycles. The van der Waals surface area contributed by atoms with Crippen LogP contribution in [0.2, 0.25) is 0 Å². The first-order valence-electron chi connectivity index (χ1n) is 6.22. The van der Waals surface area contributed by atoms with Gasteiger partial charge >= 0.3 is 0 Å². The van der Waals surface area contributed by atoms with Crippen molar-refractivity contribution in [2.24, 2.45) is 17.3 Å². The lowest BCUT2D eigenvalue weighted by Crippen LogP contribution is -2.37. The van der Waals surface area contributed by atoms with Crippen LogP contribution in [0.1, 0.15) is 40.5 Å². The molecule has 2 unspecified atom stereocenters. The molecule has 0 aromatic heterocycles. The Labute approximate surface area is 108 Å². The van der Waals surface area contributed by atoms with Crippen molar-refractivity contribution in [1.29, 1.82) is 0 Å². The number of halogens is 1. The molecular formula is C13H24BrNO. The summed E-state index contributed by atoms with van der Waals surface area (Å²) in [6.07, 6.45) is 1.88. The highest BCUT2D eigenvalue weighted by molar-refractivity contribution is 9.09. The lowest BCUT2D eigenvalue weighted by Gasteiger charge is -2.32. The molecule has 0 spiro atoms. The average Bonchev–Trinajstić information content (AvgIpc) is 2.54. The van der Waals surface area contributed by atoms with Crippen molar-refractivity contribution in [1.82, 2.24) is 4.90 Å². The number of alkyl halides is 1. The molecule has 1 fully saturated rings. The Morgan fingerprint density at radius 2 is 2.12 bits per heavy atom. The van der Waals surface area contributed by atoms with Gasteiger partial charge in [-0.25, -0.2) is 0 Å². The molecule has 16 heavy (non-hydrogen) atoms. The Balaban J connectivity index is 2.56. The van der Waals surface area contributed by atoms with Crippen LogP contribution in [0.3, 0.4) is 0 Å². The fourth-order valence-corrected chi connectivity index (χ4v) is 3.30. The third kappa shape index (κ3) is 3.47. The molecule has 1 rings (SSSR count). The molecule has 0 aromatic carbocycles. The Morgan fingerprint density at radius 1 is 1.50 bits per heavy atom. The van der Waals surface area contributed by atoms with Crippen LogP contribution in [0.4, 0.5) is 0 Å². The van der Waals surface area contributed by atoms with Gasteiger partial charge in [0.2, 0.25) is 5.91 Å². The molecule has 1 aliphatic heterocycles. The van der Waals surface area contributed by atoms with E-state index < -0.39 is 0 Å². The monoisotopic (exact) mass is 289 g/mol. The lowest BCUT2D eigenvalue weighted by atomic mass is 9.82. The highest BCUT2D eigenvalue weighted by atomic mass is 79.9. The van der Waals surface area contributed by atoms with E-state index in [9.17, 15) is 4.79 Å². The van der Waals surface area contributed by atoms with Gasteiger partial charge in [0.15, 0.2) is 0 Å². The van der Waals surface area contributed by atoms with Gasteiger partial charge in [0, 0.05) is 24.8 Å². The summed E-state index contributed by atoms with van der Waals surface area (Å²) >= 11 is 3.57. The van der Waals surface area contributed by atoms with E-state index in [0.717, 1.165) is 31.3 Å². The largest absolute Gasteiger partial charge is 0.342 e. The first-order chi connectivity index (χ1) is 7.38. The number of rotatable bonds is 4. The second-order valence-corrected chi connectivity index (χ2v) is 6.64. The maximum absolute atomic E-state index is 11.8. The molecule has 3 heteroatoms. The van der Waals surface area contributed by atoms with E-state index in [0.29, 0.717) is 17.7 Å². The van der Waals surface area contributed by atoms with E-state index in [1.165, 1.54) is 0 Å². The van der Waals surface area contributed by atoms with E-state index >= 15 is 0 Å². The van der Waals surface area contributed by atoms with Gasteiger partial charge in [-0.1, -0.05) is 50.0 Å². The normalized spacial score (nSPS) is 23.9. The van der Waals surface area contributed by atoms with Crippen LogP contribution in [-0.4, -0.2) is 29.2 Å². The summed E-state index contributed by atoms with van der Waals surface area (Å²) < 4.78 is 0. The Kier molecular flexibility index (Phi) is 4.84. The van der Waals surface area contributed by atoms with Crippen LogP contribution in [-0.2, 0) is 4.79 Å². The third-order valence-corrected chi connectivity index (χ3v) is 4.51. The fraction of sp³-hybridized carbons (Fsp3) is 0.923. The number of hydrogen-bond donors (Lipinski definition) is 0. The van der Waals surface area contributed by atoms with Gasteiger partial charge in [-0.05, 0) is 17.3 Å². The molecule has 0 aromatic rings. The maximum atomic E-state index is 11.8. The van der Waals surface area contributed by atoms with Gasteiger partial charge in [0.25, 0.3) is 0 Å². The van der Waals surface area contributed by atoms with Gasteiger partial charge in [-0.2, -0.15) is 0 Å². The molecule has 2 atom stereocenters. The number of nitrogens with zero attached hydrogens (tertiary/aromatic N) is 1. The molecule has 0 saturated carbocycles. The van der Waals surface area contributed by atoms with Crippen molar-refractivity contribution >= 4 is 21.8 Å². The van der Waals surface area contributed by atoms with Gasteiger partial charge < -0.3 is 4.90 Å². The zero-order valence-corrected chi connectivity index (χ0v) is 12.5. The predicted octanol–water partition coefficient (Wildman–Crippen LogP) is 3.30. The van der Waals surface area contributed by atoms with Gasteiger partial charge in [0.1, 0.15) is 0 Å². The SMILES string of the molecule is CCC1CC(=O)N(CC(CBr)C(C)(C)C)C1. The highest BCUT2D eigenvalue weighted by Crippen LogP contribution is 2.30. The molecule has 0 radical (unpaired) electrons. The first-order valence-corrected chi connectivity index (χ1v) is 7.34. The molecule has 94 valence electrons. The van der Waals surface area contributed by atoms with Crippen LogP contribution in [0, 0.1) is 17.3 Å². The van der Waals surface area contributed by atoms with Gasteiger partial charge in [-0.3, -0.25) is 4.79 Å². The van der Waals surface area contributed by atoms with Gasteiger partial charge in [0.05, 0.1) is 0 Å². The number of likely N-dealkylation sites (tertiary alicyclic amines) is 1. The minimum atomic E-state index is 0.258. The summed E-state index contributed by atoms with van der Waals surface area (Å²) in [5, 5.41) is 0.969. The molecular weight excluding hydrogens is 266 g/mol. The summed E-state index contributed by atoms with van der Waals surface area (Å²) in [4.78, 5) is 13.9. The summed E-state index contributed by atoms with van der Waals surface area (Å²) in [5.41, 5.74) is 0.258. The summed E-state index contributed by atoms with van der Waals surface area (Å²) in [6.45, 7) is 10.8. The minimum absolute atomic E-state index is 0.258. The summed E-state index contributed by atoms with van der Waals surface area (Å²) in [6, 6.07) is 0. The van der Waals surface area contributed by atoms with Crippen molar-refractivity contribution in [3.05, 3.63) is 0 Å². The van der Waals surface area contributed by atoms with Crippen molar-refractivity contribution in [3.63, 3.8) is 0 Å². The highest BCUT2D eigenvalue weighted by Gasteiger charge is 2.33. The van der Waals surface area contributed by atoms with Gasteiger partial charge in [-0.15, -0.1) is 0 Å². The minimum Gasteiger partial charge on any atom is -0.342 e. The number of hydrogen-bond acceptors (Lipinski definition) is 1. The van der Waals surface area contributed by atoms with E-state index in [2.05, 4.69) is 48.5 Å². The zero-order chi connectivity index (χ0) is 12.3. The van der Waals surface area contributed by atoms with E-state index in [-0.39, 0.29) is 5.41 Å². The average molecular weight is 290 g/mol. The number of amides is 1. The van der Waals surface area contributed by atoms with E-state index in [1.54, 1.807) is 0 Å². The van der Waals surface area contributed by atoms with Crippen LogP contribution >= 0.6 is 15.9 Å². The van der Waals surface area contributed by atoms with Crippen LogP contribution in [0.5, 0.6) is 0 Å². The number of carbonyl (C=O) groups is 1. The molecule has 1 amide bonds. The molecule has 0 N–H and O–H groups in total. The van der Waals surface area contributed by atoms with Crippen molar-refractivity contribution in [2.45, 2.75) is 40.5 Å². The second-order valence-electron chi connectivity index (χ2n) is 5.99. The molecule has 0 bridgehead atoms. The molecule has 1 heterocycles. The second kappa shape index (κ2) is 5.52. The summed E-state index contributed by atoms with van der Waals surface area (Å²) in [5.74, 6) is 1.47. The first kappa shape index (κ1) is 14.0. The van der Waals surface area contributed by atoms with Crippen molar-refractivity contribution < 1.29 is 4.79 Å². The standard InChI is InChI=1S/C13H24BrNO/c1-5-10-6-12(16)15(8-10)9-11(7-14)13(2,3)4/h10-11H,5-9H2,1-4H3. The van der Waals surface area contributed by atoms with E-state index in [4.69, 9.17) is 0 Å². The fourth-order valence-electron chi connectivity index (χ4n) is 2.12. The van der Waals surface area contributed by atoms with E-state index in [1.807, 2.05) is 0 Å². The predicted molar refractivity (Wildman–Crippen MR) is 71.7 cm³/mol. The summed E-state index contributed by atoms with van der Waals surface area (Å²) in [7, 11) is 0. The quantitative estimate of drug-likeness (QED) is 0.727. The van der Waals surface area contributed by atoms with Crippen LogP contribution < -0.4 is 0 Å².